The van der Waals surface area contributed by atoms with Crippen LogP contribution in [0.1, 0.15) is 37.3 Å². The Bertz CT molecular complexity index is 368. The molecule has 18 heavy (non-hydrogen) atoms. The lowest BCUT2D eigenvalue weighted by molar-refractivity contribution is -0.116. The first-order valence-electron chi connectivity index (χ1n) is 6.70. The van der Waals surface area contributed by atoms with Crippen LogP contribution in [0.25, 0.3) is 0 Å². The summed E-state index contributed by atoms with van der Waals surface area (Å²) >= 11 is 0. The summed E-state index contributed by atoms with van der Waals surface area (Å²) in [5.74, 6) is 0.0731. The molecule has 1 aromatic rings. The molecule has 1 amide bonds. The maximum atomic E-state index is 11.7. The van der Waals surface area contributed by atoms with Crippen LogP contribution in [0.15, 0.2) is 18.2 Å². The molecule has 0 atom stereocenters. The van der Waals surface area contributed by atoms with Crippen LogP contribution in [0.2, 0.25) is 0 Å². The molecule has 3 heteroatoms. The van der Waals surface area contributed by atoms with Gasteiger partial charge >= 0.3 is 0 Å². The molecule has 0 bridgehead atoms. The Morgan fingerprint density at radius 2 is 1.78 bits per heavy atom. The number of carbonyl (C=O) groups excluding carboxylic acids is 1. The van der Waals surface area contributed by atoms with Crippen molar-refractivity contribution >= 4 is 11.6 Å². The van der Waals surface area contributed by atoms with E-state index in [1.807, 2.05) is 26.0 Å². The van der Waals surface area contributed by atoms with Crippen molar-refractivity contribution in [2.45, 2.75) is 40.0 Å². The van der Waals surface area contributed by atoms with Gasteiger partial charge < -0.3 is 10.6 Å². The first-order chi connectivity index (χ1) is 8.61. The highest BCUT2D eigenvalue weighted by Gasteiger charge is 2.02. The summed E-state index contributed by atoms with van der Waals surface area (Å²) < 4.78 is 0. The Balaban J connectivity index is 2.31. The van der Waals surface area contributed by atoms with E-state index in [-0.39, 0.29) is 5.91 Å². The third-order valence-corrected chi connectivity index (χ3v) is 2.74. The molecule has 1 rings (SSSR count). The number of amides is 1. The van der Waals surface area contributed by atoms with E-state index in [4.69, 9.17) is 0 Å². The van der Waals surface area contributed by atoms with Crippen LogP contribution in [0.5, 0.6) is 0 Å². The molecule has 0 aromatic heterocycles. The average Bonchev–Trinajstić information content (AvgIpc) is 2.27. The molecule has 0 unspecified atom stereocenters. The molecular formula is C15H24N2O. The van der Waals surface area contributed by atoms with Gasteiger partial charge in [0, 0.05) is 18.7 Å². The molecule has 2 N–H and O–H groups in total. The number of hydrogen-bond acceptors (Lipinski definition) is 2. The second kappa shape index (κ2) is 7.88. The molecule has 100 valence electrons. The number of rotatable bonds is 7. The van der Waals surface area contributed by atoms with Gasteiger partial charge in [0.25, 0.3) is 0 Å². The van der Waals surface area contributed by atoms with Crippen LogP contribution in [0.4, 0.5) is 5.69 Å². The number of nitrogens with one attached hydrogen (secondary N) is 2. The molecule has 0 radical (unpaired) electrons. The van der Waals surface area contributed by atoms with Crippen molar-refractivity contribution < 1.29 is 4.79 Å². The Labute approximate surface area is 110 Å². The number of unbranched alkanes of at least 4 members (excludes halogenated alkanes) is 1. The number of benzene rings is 1. The van der Waals surface area contributed by atoms with Crippen LogP contribution in [-0.4, -0.2) is 19.0 Å². The number of hydrogen-bond donors (Lipinski definition) is 2. The van der Waals surface area contributed by atoms with Crippen molar-refractivity contribution in [1.29, 1.82) is 0 Å². The zero-order valence-corrected chi connectivity index (χ0v) is 11.7. The largest absolute Gasteiger partial charge is 0.326 e. The highest BCUT2D eigenvalue weighted by Crippen LogP contribution is 2.13. The number of carbonyl (C=O) groups is 1. The molecule has 0 spiro atoms. The smallest absolute Gasteiger partial charge is 0.225 e. The molecule has 1 aromatic carbocycles. The van der Waals surface area contributed by atoms with Crippen molar-refractivity contribution in [2.75, 3.05) is 18.4 Å². The van der Waals surface area contributed by atoms with Gasteiger partial charge in [-0.1, -0.05) is 19.4 Å². The molecule has 0 aliphatic heterocycles. The van der Waals surface area contributed by atoms with Crippen LogP contribution >= 0.6 is 0 Å². The fourth-order valence-electron chi connectivity index (χ4n) is 1.90. The van der Waals surface area contributed by atoms with E-state index in [0.717, 1.165) is 18.8 Å². The summed E-state index contributed by atoms with van der Waals surface area (Å²) in [5, 5.41) is 6.20. The van der Waals surface area contributed by atoms with Gasteiger partial charge in [-0.15, -0.1) is 0 Å². The van der Waals surface area contributed by atoms with Crippen molar-refractivity contribution in [3.63, 3.8) is 0 Å². The Kier molecular flexibility index (Phi) is 6.44. The molecule has 3 nitrogen and oxygen atoms in total. The van der Waals surface area contributed by atoms with Gasteiger partial charge in [-0.05, 0) is 50.1 Å². The quantitative estimate of drug-likeness (QED) is 0.728. The van der Waals surface area contributed by atoms with Gasteiger partial charge in [0.05, 0.1) is 0 Å². The molecule has 0 saturated heterocycles. The fourth-order valence-corrected chi connectivity index (χ4v) is 1.90. The lowest BCUT2D eigenvalue weighted by atomic mass is 10.1. The number of aryl methyl sites for hydroxylation is 2. The van der Waals surface area contributed by atoms with Gasteiger partial charge in [-0.25, -0.2) is 0 Å². The number of anilines is 1. The second-order valence-electron chi connectivity index (χ2n) is 4.78. The minimum Gasteiger partial charge on any atom is -0.326 e. The summed E-state index contributed by atoms with van der Waals surface area (Å²) in [6.45, 7) is 7.97. The third-order valence-electron chi connectivity index (χ3n) is 2.74. The molecule has 0 aliphatic rings. The van der Waals surface area contributed by atoms with Crippen LogP contribution in [-0.2, 0) is 4.79 Å². The molecule has 0 heterocycles. The predicted molar refractivity (Wildman–Crippen MR) is 76.9 cm³/mol. The normalized spacial score (nSPS) is 10.4. The molecule has 0 fully saturated rings. The van der Waals surface area contributed by atoms with E-state index >= 15 is 0 Å². The lowest BCUT2D eigenvalue weighted by Gasteiger charge is -2.08. The summed E-state index contributed by atoms with van der Waals surface area (Å²) in [5.41, 5.74) is 3.24. The van der Waals surface area contributed by atoms with E-state index in [2.05, 4.69) is 23.6 Å². The zero-order valence-electron chi connectivity index (χ0n) is 11.7. The van der Waals surface area contributed by atoms with Gasteiger partial charge in [-0.2, -0.15) is 0 Å². The Morgan fingerprint density at radius 3 is 2.39 bits per heavy atom. The average molecular weight is 248 g/mol. The van der Waals surface area contributed by atoms with Gasteiger partial charge in [0.1, 0.15) is 0 Å². The van der Waals surface area contributed by atoms with Crippen LogP contribution in [0.3, 0.4) is 0 Å². The van der Waals surface area contributed by atoms with Crippen molar-refractivity contribution in [3.8, 4) is 0 Å². The monoisotopic (exact) mass is 248 g/mol. The van der Waals surface area contributed by atoms with E-state index in [1.165, 1.54) is 24.0 Å². The first-order valence-corrected chi connectivity index (χ1v) is 6.70. The highest BCUT2D eigenvalue weighted by atomic mass is 16.1. The Hall–Kier alpha value is -1.35. The first kappa shape index (κ1) is 14.7. The van der Waals surface area contributed by atoms with Gasteiger partial charge in [0.2, 0.25) is 5.91 Å². The predicted octanol–water partition coefficient (Wildman–Crippen LogP) is 3.02. The maximum Gasteiger partial charge on any atom is 0.225 e. The fraction of sp³-hybridized carbons (Fsp3) is 0.533. The SMILES string of the molecule is CCCCNCCC(=O)Nc1cc(C)cc(C)c1. The minimum atomic E-state index is 0.0731. The Morgan fingerprint density at radius 1 is 1.11 bits per heavy atom. The third kappa shape index (κ3) is 5.82. The van der Waals surface area contributed by atoms with E-state index in [1.54, 1.807) is 0 Å². The van der Waals surface area contributed by atoms with E-state index in [9.17, 15) is 4.79 Å². The van der Waals surface area contributed by atoms with Crippen molar-refractivity contribution in [3.05, 3.63) is 29.3 Å². The summed E-state index contributed by atoms with van der Waals surface area (Å²) in [6, 6.07) is 6.09. The van der Waals surface area contributed by atoms with Crippen LogP contribution in [0, 0.1) is 13.8 Å². The van der Waals surface area contributed by atoms with Gasteiger partial charge in [-0.3, -0.25) is 4.79 Å². The van der Waals surface area contributed by atoms with Crippen molar-refractivity contribution in [2.24, 2.45) is 0 Å². The van der Waals surface area contributed by atoms with E-state index < -0.39 is 0 Å². The second-order valence-corrected chi connectivity index (χ2v) is 4.78. The van der Waals surface area contributed by atoms with E-state index in [0.29, 0.717) is 6.42 Å². The van der Waals surface area contributed by atoms with Crippen LogP contribution < -0.4 is 10.6 Å². The topological polar surface area (TPSA) is 41.1 Å². The molecular weight excluding hydrogens is 224 g/mol. The lowest BCUT2D eigenvalue weighted by Crippen LogP contribution is -2.22. The molecule has 0 aliphatic carbocycles. The minimum absolute atomic E-state index is 0.0731. The van der Waals surface area contributed by atoms with Gasteiger partial charge in [0.15, 0.2) is 0 Å². The standard InChI is InChI=1S/C15H24N2O/c1-4-5-7-16-8-6-15(18)17-14-10-12(2)9-13(3)11-14/h9-11,16H,4-8H2,1-3H3,(H,17,18). The summed E-state index contributed by atoms with van der Waals surface area (Å²) in [6.07, 6.45) is 2.87. The maximum absolute atomic E-state index is 11.7. The molecule has 0 saturated carbocycles. The summed E-state index contributed by atoms with van der Waals surface area (Å²) in [4.78, 5) is 11.7. The summed E-state index contributed by atoms with van der Waals surface area (Å²) in [7, 11) is 0. The highest BCUT2D eigenvalue weighted by molar-refractivity contribution is 5.91. The van der Waals surface area contributed by atoms with Crippen molar-refractivity contribution in [1.82, 2.24) is 5.32 Å². The zero-order chi connectivity index (χ0) is 13.4.